The number of aliphatic hydroxyl groups is 2. The summed E-state index contributed by atoms with van der Waals surface area (Å²) in [5.74, 6) is -0.316. The third-order valence-electron chi connectivity index (χ3n) is 3.05. The first-order chi connectivity index (χ1) is 8.08. The Kier molecular flexibility index (Phi) is 5.56. The van der Waals surface area contributed by atoms with E-state index in [1.54, 1.807) is 6.07 Å². The van der Waals surface area contributed by atoms with Crippen molar-refractivity contribution in [3.63, 3.8) is 0 Å². The molecule has 0 saturated carbocycles. The molecule has 0 unspecified atom stereocenters. The van der Waals surface area contributed by atoms with E-state index in [2.05, 4.69) is 15.9 Å². The molecule has 0 aliphatic heterocycles. The van der Waals surface area contributed by atoms with Crippen LogP contribution in [0.3, 0.4) is 0 Å². The van der Waals surface area contributed by atoms with E-state index in [0.717, 1.165) is 12.0 Å². The van der Waals surface area contributed by atoms with E-state index in [4.69, 9.17) is 0 Å². The molecule has 0 bridgehead atoms. The van der Waals surface area contributed by atoms with Crippen LogP contribution in [0.25, 0.3) is 0 Å². The lowest BCUT2D eigenvalue weighted by Crippen LogP contribution is -2.32. The van der Waals surface area contributed by atoms with Crippen molar-refractivity contribution in [3.05, 3.63) is 34.1 Å². The van der Waals surface area contributed by atoms with Gasteiger partial charge in [0.1, 0.15) is 5.82 Å². The lowest BCUT2D eigenvalue weighted by Gasteiger charge is -2.30. The van der Waals surface area contributed by atoms with Crippen molar-refractivity contribution < 1.29 is 14.6 Å². The fourth-order valence-corrected chi connectivity index (χ4v) is 2.43. The van der Waals surface area contributed by atoms with Gasteiger partial charge in [0, 0.05) is 5.41 Å². The quantitative estimate of drug-likeness (QED) is 0.848. The first-order valence-corrected chi connectivity index (χ1v) is 6.52. The van der Waals surface area contributed by atoms with E-state index in [0.29, 0.717) is 17.3 Å². The van der Waals surface area contributed by atoms with Gasteiger partial charge in [0.15, 0.2) is 0 Å². The summed E-state index contributed by atoms with van der Waals surface area (Å²) < 4.78 is 13.8. The maximum Gasteiger partial charge on any atom is 0.137 e. The second kappa shape index (κ2) is 6.47. The van der Waals surface area contributed by atoms with Crippen LogP contribution in [-0.4, -0.2) is 23.4 Å². The molecule has 17 heavy (non-hydrogen) atoms. The summed E-state index contributed by atoms with van der Waals surface area (Å²) in [6.07, 6.45) is 2.04. The average Bonchev–Trinajstić information content (AvgIpc) is 2.34. The molecule has 0 aliphatic carbocycles. The van der Waals surface area contributed by atoms with Gasteiger partial charge in [-0.05, 0) is 40.4 Å². The maximum atomic E-state index is 13.4. The summed E-state index contributed by atoms with van der Waals surface area (Å²) in [4.78, 5) is 0. The number of rotatable bonds is 6. The Balaban J connectivity index is 2.97. The van der Waals surface area contributed by atoms with Crippen molar-refractivity contribution >= 4 is 15.9 Å². The smallest absolute Gasteiger partial charge is 0.137 e. The Bertz CT molecular complexity index is 364. The maximum absolute atomic E-state index is 13.4. The predicted molar refractivity (Wildman–Crippen MR) is 69.3 cm³/mol. The van der Waals surface area contributed by atoms with Crippen LogP contribution in [0, 0.1) is 11.2 Å². The van der Waals surface area contributed by atoms with E-state index in [1.807, 2.05) is 13.0 Å². The van der Waals surface area contributed by atoms with Gasteiger partial charge in [-0.1, -0.05) is 25.5 Å². The highest BCUT2D eigenvalue weighted by atomic mass is 79.9. The monoisotopic (exact) mass is 304 g/mol. The third-order valence-corrected chi connectivity index (χ3v) is 3.94. The minimum atomic E-state index is -0.564. The first-order valence-electron chi connectivity index (χ1n) is 5.73. The molecule has 0 atom stereocenters. The highest BCUT2D eigenvalue weighted by Gasteiger charge is 2.29. The van der Waals surface area contributed by atoms with E-state index in [-0.39, 0.29) is 19.0 Å². The van der Waals surface area contributed by atoms with Gasteiger partial charge >= 0.3 is 0 Å². The summed E-state index contributed by atoms with van der Waals surface area (Å²) in [6, 6.07) is 4.83. The summed E-state index contributed by atoms with van der Waals surface area (Å²) in [5.41, 5.74) is 0.215. The highest BCUT2D eigenvalue weighted by molar-refractivity contribution is 9.10. The van der Waals surface area contributed by atoms with Crippen molar-refractivity contribution in [1.82, 2.24) is 0 Å². The van der Waals surface area contributed by atoms with Crippen molar-refractivity contribution in [2.75, 3.05) is 13.2 Å². The number of hydrogen-bond acceptors (Lipinski definition) is 2. The topological polar surface area (TPSA) is 40.5 Å². The predicted octanol–water partition coefficient (Wildman–Crippen LogP) is 2.90. The molecule has 1 aromatic rings. The second-order valence-corrected chi connectivity index (χ2v) is 5.25. The standard InChI is InChI=1S/C13H18BrFO2/c1-2-6-13(8-16,9-17)7-10-4-3-5-11(15)12(10)14/h3-5,16-17H,2,6-9H2,1H3. The average molecular weight is 305 g/mol. The van der Waals surface area contributed by atoms with Crippen LogP contribution >= 0.6 is 15.9 Å². The van der Waals surface area contributed by atoms with Gasteiger partial charge in [0.2, 0.25) is 0 Å². The molecule has 1 rings (SSSR count). The molecule has 0 spiro atoms. The first kappa shape index (κ1) is 14.6. The Morgan fingerprint density at radius 1 is 1.29 bits per heavy atom. The number of halogens is 2. The van der Waals surface area contributed by atoms with E-state index in [9.17, 15) is 14.6 Å². The minimum Gasteiger partial charge on any atom is -0.396 e. The zero-order chi connectivity index (χ0) is 12.9. The molecular formula is C13H18BrFO2. The zero-order valence-corrected chi connectivity index (χ0v) is 11.5. The summed E-state index contributed by atoms with van der Waals surface area (Å²) in [6.45, 7) is 1.81. The number of hydrogen-bond donors (Lipinski definition) is 2. The van der Waals surface area contributed by atoms with Crippen molar-refractivity contribution in [1.29, 1.82) is 0 Å². The molecular weight excluding hydrogens is 287 g/mol. The molecule has 0 heterocycles. The van der Waals surface area contributed by atoms with Gasteiger partial charge in [0.25, 0.3) is 0 Å². The summed E-state index contributed by atoms with van der Waals surface area (Å²) in [5, 5.41) is 18.9. The Hall–Kier alpha value is -0.450. The number of benzene rings is 1. The van der Waals surface area contributed by atoms with Crippen LogP contribution in [0.2, 0.25) is 0 Å². The van der Waals surface area contributed by atoms with Gasteiger partial charge in [-0.2, -0.15) is 0 Å². The van der Waals surface area contributed by atoms with Crippen LogP contribution in [0.4, 0.5) is 4.39 Å². The lowest BCUT2D eigenvalue weighted by atomic mass is 9.79. The third kappa shape index (κ3) is 3.50. The van der Waals surface area contributed by atoms with Gasteiger partial charge in [-0.25, -0.2) is 4.39 Å². The van der Waals surface area contributed by atoms with Gasteiger partial charge in [0.05, 0.1) is 17.7 Å². The zero-order valence-electron chi connectivity index (χ0n) is 9.92. The lowest BCUT2D eigenvalue weighted by molar-refractivity contribution is 0.0464. The molecule has 0 amide bonds. The molecule has 2 N–H and O–H groups in total. The van der Waals surface area contributed by atoms with Crippen LogP contribution in [-0.2, 0) is 6.42 Å². The summed E-state index contributed by atoms with van der Waals surface area (Å²) in [7, 11) is 0. The molecule has 4 heteroatoms. The largest absolute Gasteiger partial charge is 0.396 e. The Labute approximate surface area is 110 Å². The number of aliphatic hydroxyl groups excluding tert-OH is 2. The second-order valence-electron chi connectivity index (χ2n) is 4.46. The summed E-state index contributed by atoms with van der Waals surface area (Å²) >= 11 is 3.20. The van der Waals surface area contributed by atoms with Crippen LogP contribution < -0.4 is 0 Å². The van der Waals surface area contributed by atoms with Crippen molar-refractivity contribution in [3.8, 4) is 0 Å². The molecule has 0 fully saturated rings. The fraction of sp³-hybridized carbons (Fsp3) is 0.538. The normalized spacial score (nSPS) is 11.8. The molecule has 0 saturated heterocycles. The van der Waals surface area contributed by atoms with E-state index < -0.39 is 5.41 Å². The van der Waals surface area contributed by atoms with Crippen LogP contribution in [0.15, 0.2) is 22.7 Å². The van der Waals surface area contributed by atoms with Crippen molar-refractivity contribution in [2.45, 2.75) is 26.2 Å². The van der Waals surface area contributed by atoms with E-state index in [1.165, 1.54) is 6.07 Å². The Morgan fingerprint density at radius 3 is 2.47 bits per heavy atom. The van der Waals surface area contributed by atoms with Gasteiger partial charge in [-0.15, -0.1) is 0 Å². The molecule has 96 valence electrons. The van der Waals surface area contributed by atoms with Gasteiger partial charge in [-0.3, -0.25) is 0 Å². The van der Waals surface area contributed by atoms with Gasteiger partial charge < -0.3 is 10.2 Å². The molecule has 0 aliphatic rings. The van der Waals surface area contributed by atoms with E-state index >= 15 is 0 Å². The SMILES string of the molecule is CCCC(CO)(CO)Cc1cccc(F)c1Br. The minimum absolute atomic E-state index is 0.0969. The van der Waals surface area contributed by atoms with Crippen LogP contribution in [0.5, 0.6) is 0 Å². The fourth-order valence-electron chi connectivity index (χ4n) is 2.03. The molecule has 2 nitrogen and oxygen atoms in total. The molecule has 0 radical (unpaired) electrons. The van der Waals surface area contributed by atoms with Crippen LogP contribution in [0.1, 0.15) is 25.3 Å². The van der Waals surface area contributed by atoms with Crippen molar-refractivity contribution in [2.24, 2.45) is 5.41 Å². The highest BCUT2D eigenvalue weighted by Crippen LogP contribution is 2.31. The Morgan fingerprint density at radius 2 is 1.94 bits per heavy atom. The molecule has 0 aromatic heterocycles. The molecule has 1 aromatic carbocycles.